The Morgan fingerprint density at radius 1 is 0.463 bits per heavy atom. The first-order chi connectivity index (χ1) is 20.3. The smallest absolute Gasteiger partial charge is 0.0731 e. The maximum atomic E-state index is 3.74. The molecule has 41 heavy (non-hydrogen) atoms. The third kappa shape index (κ3) is 3.20. The van der Waals surface area contributed by atoms with Gasteiger partial charge in [0.1, 0.15) is 0 Å². The van der Waals surface area contributed by atoms with Crippen molar-refractivity contribution in [3.8, 4) is 28.1 Å². The average Bonchev–Trinajstić information content (AvgIpc) is 3.68. The topological polar surface area (TPSA) is 25.1 Å². The zero-order valence-electron chi connectivity index (χ0n) is 22.3. The molecule has 9 aromatic rings. The van der Waals surface area contributed by atoms with Gasteiger partial charge in [-0.15, -0.1) is 0 Å². The van der Waals surface area contributed by atoms with E-state index in [9.17, 15) is 0 Å². The summed E-state index contributed by atoms with van der Waals surface area (Å²) in [5.74, 6) is 0. The van der Waals surface area contributed by atoms with Crippen LogP contribution in [0.3, 0.4) is 0 Å². The van der Waals surface area contributed by atoms with E-state index in [0.29, 0.717) is 0 Å². The number of rotatable bonds is 3. The minimum atomic E-state index is 1.16. The van der Waals surface area contributed by atoms with Gasteiger partial charge in [0.15, 0.2) is 0 Å². The summed E-state index contributed by atoms with van der Waals surface area (Å²) in [5.41, 5.74) is 12.0. The summed E-state index contributed by atoms with van der Waals surface area (Å²) in [4.78, 5) is 3.74. The standard InChI is InChI=1S/C38H25N3/c1-3-11-25(12-4-1)38-36-31-24-26(18-20-32(31)39-37(36)35-17-9-10-22-40(35)38)27-19-21-34-30(23-27)29-15-7-8-16-33(29)41(34)28-13-5-2-6-14-28/h1-24,39H. The lowest BCUT2D eigenvalue weighted by molar-refractivity contribution is 1.18. The highest BCUT2D eigenvalue weighted by atomic mass is 15.0. The number of pyridine rings is 1. The molecule has 0 radical (unpaired) electrons. The summed E-state index contributed by atoms with van der Waals surface area (Å²) in [6, 6.07) is 50.2. The van der Waals surface area contributed by atoms with Gasteiger partial charge in [0.25, 0.3) is 0 Å². The van der Waals surface area contributed by atoms with Crippen LogP contribution in [0.1, 0.15) is 0 Å². The molecule has 0 saturated heterocycles. The fraction of sp³-hybridized carbons (Fsp3) is 0. The first-order valence-corrected chi connectivity index (χ1v) is 14.0. The van der Waals surface area contributed by atoms with Crippen LogP contribution in [0.2, 0.25) is 0 Å². The predicted octanol–water partition coefficient (Wildman–Crippen LogP) is 10.0. The van der Waals surface area contributed by atoms with Gasteiger partial charge in [-0.25, -0.2) is 0 Å². The lowest BCUT2D eigenvalue weighted by Crippen LogP contribution is -1.92. The van der Waals surface area contributed by atoms with Crippen molar-refractivity contribution in [2.75, 3.05) is 0 Å². The van der Waals surface area contributed by atoms with Gasteiger partial charge < -0.3 is 14.0 Å². The Morgan fingerprint density at radius 2 is 1.12 bits per heavy atom. The van der Waals surface area contributed by atoms with Crippen molar-refractivity contribution in [2.24, 2.45) is 0 Å². The van der Waals surface area contributed by atoms with Crippen molar-refractivity contribution in [3.63, 3.8) is 0 Å². The first kappa shape index (κ1) is 22.3. The van der Waals surface area contributed by atoms with Gasteiger partial charge in [-0.3, -0.25) is 0 Å². The predicted molar refractivity (Wildman–Crippen MR) is 172 cm³/mol. The Balaban J connectivity index is 1.30. The molecule has 9 rings (SSSR count). The number of H-pyrrole nitrogens is 1. The molecule has 0 amide bonds. The van der Waals surface area contributed by atoms with E-state index in [0.717, 1.165) is 5.52 Å². The fourth-order valence-electron chi connectivity index (χ4n) is 6.66. The molecule has 4 heterocycles. The molecule has 0 fully saturated rings. The summed E-state index contributed by atoms with van der Waals surface area (Å²) in [7, 11) is 0. The van der Waals surface area contributed by atoms with Gasteiger partial charge in [0.05, 0.1) is 27.8 Å². The second-order valence-electron chi connectivity index (χ2n) is 10.7. The third-order valence-corrected chi connectivity index (χ3v) is 8.46. The van der Waals surface area contributed by atoms with Crippen LogP contribution in [0.5, 0.6) is 0 Å². The summed E-state index contributed by atoms with van der Waals surface area (Å²) in [6.07, 6.45) is 2.16. The molecule has 0 spiro atoms. The van der Waals surface area contributed by atoms with Crippen LogP contribution in [-0.4, -0.2) is 14.0 Å². The molecule has 0 aliphatic rings. The average molecular weight is 524 g/mol. The maximum Gasteiger partial charge on any atom is 0.0731 e. The number of aromatic amines is 1. The Labute approximate surface area is 236 Å². The number of hydrogen-bond donors (Lipinski definition) is 1. The summed E-state index contributed by atoms with van der Waals surface area (Å²) >= 11 is 0. The zero-order chi connectivity index (χ0) is 26.9. The Morgan fingerprint density at radius 3 is 1.98 bits per heavy atom. The summed E-state index contributed by atoms with van der Waals surface area (Å²) in [6.45, 7) is 0. The van der Waals surface area contributed by atoms with E-state index in [1.54, 1.807) is 0 Å². The number of aromatic nitrogens is 3. The number of para-hydroxylation sites is 2. The SMILES string of the molecule is c1ccc(-c2c3c4cc(-c5ccc6c(c5)c5ccccc5n6-c5ccccc5)ccc4[nH]c3c3ccccn23)cc1. The minimum Gasteiger partial charge on any atom is -0.353 e. The van der Waals surface area contributed by atoms with Crippen molar-refractivity contribution in [1.29, 1.82) is 0 Å². The third-order valence-electron chi connectivity index (χ3n) is 8.46. The molecule has 0 aliphatic heterocycles. The minimum absolute atomic E-state index is 1.16. The normalized spacial score (nSPS) is 11.9. The molecule has 192 valence electrons. The van der Waals surface area contributed by atoms with E-state index in [1.807, 2.05) is 0 Å². The number of benzene rings is 5. The Kier molecular flexibility index (Phi) is 4.61. The van der Waals surface area contributed by atoms with E-state index >= 15 is 0 Å². The van der Waals surface area contributed by atoms with Gasteiger partial charge in [0, 0.05) is 38.9 Å². The van der Waals surface area contributed by atoms with Crippen molar-refractivity contribution < 1.29 is 0 Å². The van der Waals surface area contributed by atoms with Crippen molar-refractivity contribution in [3.05, 3.63) is 146 Å². The van der Waals surface area contributed by atoms with Gasteiger partial charge >= 0.3 is 0 Å². The van der Waals surface area contributed by atoms with Crippen LogP contribution in [0, 0.1) is 0 Å². The van der Waals surface area contributed by atoms with Crippen LogP contribution in [-0.2, 0) is 0 Å². The molecular formula is C38H25N3. The second-order valence-corrected chi connectivity index (χ2v) is 10.7. The maximum absolute atomic E-state index is 3.74. The quantitative estimate of drug-likeness (QED) is 0.238. The summed E-state index contributed by atoms with van der Waals surface area (Å²) in [5, 5.41) is 5.04. The molecule has 5 aromatic carbocycles. The van der Waals surface area contributed by atoms with Crippen LogP contribution in [0.25, 0.3) is 77.2 Å². The van der Waals surface area contributed by atoms with E-state index in [2.05, 4.69) is 160 Å². The van der Waals surface area contributed by atoms with E-state index in [-0.39, 0.29) is 0 Å². The van der Waals surface area contributed by atoms with Gasteiger partial charge in [-0.05, 0) is 71.3 Å². The van der Waals surface area contributed by atoms with Gasteiger partial charge in [-0.2, -0.15) is 0 Å². The Bertz CT molecular complexity index is 2400. The number of nitrogens with one attached hydrogen (secondary N) is 1. The van der Waals surface area contributed by atoms with Gasteiger partial charge in [0.2, 0.25) is 0 Å². The van der Waals surface area contributed by atoms with E-state index in [1.165, 1.54) is 71.7 Å². The molecule has 0 bridgehead atoms. The highest BCUT2D eigenvalue weighted by molar-refractivity contribution is 6.20. The van der Waals surface area contributed by atoms with Crippen molar-refractivity contribution >= 4 is 49.1 Å². The molecule has 3 heteroatoms. The molecule has 0 atom stereocenters. The zero-order valence-corrected chi connectivity index (χ0v) is 22.3. The first-order valence-electron chi connectivity index (χ1n) is 14.0. The number of fused-ring (bicyclic) bond motifs is 8. The van der Waals surface area contributed by atoms with Crippen molar-refractivity contribution in [1.82, 2.24) is 14.0 Å². The van der Waals surface area contributed by atoms with E-state index in [4.69, 9.17) is 0 Å². The van der Waals surface area contributed by atoms with Crippen LogP contribution in [0.4, 0.5) is 0 Å². The monoisotopic (exact) mass is 523 g/mol. The molecule has 0 saturated carbocycles. The lowest BCUT2D eigenvalue weighted by Gasteiger charge is -2.08. The molecule has 3 nitrogen and oxygen atoms in total. The van der Waals surface area contributed by atoms with Crippen LogP contribution >= 0.6 is 0 Å². The lowest BCUT2D eigenvalue weighted by atomic mass is 10.00. The van der Waals surface area contributed by atoms with Gasteiger partial charge in [-0.1, -0.05) is 84.9 Å². The van der Waals surface area contributed by atoms with E-state index < -0.39 is 0 Å². The highest BCUT2D eigenvalue weighted by Crippen LogP contribution is 2.41. The molecule has 1 N–H and O–H groups in total. The second kappa shape index (κ2) is 8.48. The molecule has 0 unspecified atom stereocenters. The highest BCUT2D eigenvalue weighted by Gasteiger charge is 2.19. The van der Waals surface area contributed by atoms with Crippen molar-refractivity contribution in [2.45, 2.75) is 0 Å². The Hall–Kier alpha value is -5.54. The molecule has 0 aliphatic carbocycles. The summed E-state index contributed by atoms with van der Waals surface area (Å²) < 4.78 is 4.68. The van der Waals surface area contributed by atoms with Crippen LogP contribution in [0.15, 0.2) is 146 Å². The number of hydrogen-bond acceptors (Lipinski definition) is 0. The molecular weight excluding hydrogens is 498 g/mol. The molecule has 4 aromatic heterocycles. The number of nitrogens with zero attached hydrogens (tertiary/aromatic N) is 2. The largest absolute Gasteiger partial charge is 0.353 e. The van der Waals surface area contributed by atoms with Crippen LogP contribution < -0.4 is 0 Å². The fourth-order valence-corrected chi connectivity index (χ4v) is 6.66.